The van der Waals surface area contributed by atoms with Gasteiger partial charge in [0.05, 0.1) is 12.6 Å². The lowest BCUT2D eigenvalue weighted by molar-refractivity contribution is -0.439. The van der Waals surface area contributed by atoms with E-state index in [-0.39, 0.29) is 11.8 Å². The zero-order valence-corrected chi connectivity index (χ0v) is 15.6. The predicted molar refractivity (Wildman–Crippen MR) is 79.2 cm³/mol. The number of carboxylic acid groups (broad SMARTS) is 1. The van der Waals surface area contributed by atoms with E-state index in [1.807, 2.05) is 0 Å². The largest absolute Gasteiger partial charge is 0.480 e. The van der Waals surface area contributed by atoms with Crippen LogP contribution in [-0.4, -0.2) is 82.7 Å². The fourth-order valence-corrected chi connectivity index (χ4v) is 2.74. The van der Waals surface area contributed by atoms with Crippen LogP contribution in [0.25, 0.3) is 0 Å². The lowest BCUT2D eigenvalue weighted by Crippen LogP contribution is -2.70. The highest BCUT2D eigenvalue weighted by atomic mass is 32.2. The van der Waals surface area contributed by atoms with E-state index in [0.717, 1.165) is 0 Å². The number of aliphatic carboxylic acids is 1. The lowest BCUT2D eigenvalue weighted by atomic mass is 9.93. The number of carbonyl (C=O) groups is 1. The normalized spacial score (nSPS) is 15.8. The molecule has 4 nitrogen and oxygen atoms in total. The molecule has 0 radical (unpaired) electrons. The van der Waals surface area contributed by atoms with Crippen molar-refractivity contribution in [3.63, 3.8) is 0 Å². The van der Waals surface area contributed by atoms with Crippen LogP contribution in [0.1, 0.15) is 6.42 Å². The highest BCUT2D eigenvalue weighted by Crippen LogP contribution is 2.60. The second-order valence-corrected chi connectivity index (χ2v) is 7.15. The summed E-state index contributed by atoms with van der Waals surface area (Å²) in [7, 11) is 0. The van der Waals surface area contributed by atoms with Gasteiger partial charge in [0.25, 0.3) is 0 Å². The summed E-state index contributed by atoms with van der Waals surface area (Å²) in [6.45, 7) is -1.06. The van der Waals surface area contributed by atoms with Gasteiger partial charge in [0.1, 0.15) is 0 Å². The number of aliphatic hydroxyl groups excluding tert-OH is 1. The minimum absolute atomic E-state index is 0.180. The summed E-state index contributed by atoms with van der Waals surface area (Å²) in [6, 6.07) is 0. The quantitative estimate of drug-likeness (QED) is 0.259. The van der Waals surface area contributed by atoms with Gasteiger partial charge in [-0.15, -0.1) is 0 Å². The van der Waals surface area contributed by atoms with E-state index < -0.39 is 78.9 Å². The fourth-order valence-electron chi connectivity index (χ4n) is 1.78. The molecule has 0 spiro atoms. The summed E-state index contributed by atoms with van der Waals surface area (Å²) < 4.78 is 168. The molecule has 0 aromatic rings. The molecule has 0 aliphatic rings. The molecular formula is C13H14F13NO3S. The van der Waals surface area contributed by atoms with Crippen LogP contribution in [0.5, 0.6) is 0 Å². The van der Waals surface area contributed by atoms with E-state index in [9.17, 15) is 67.0 Å². The van der Waals surface area contributed by atoms with Gasteiger partial charge in [-0.05, 0) is 5.75 Å². The molecule has 0 rings (SSSR count). The molecule has 0 aliphatic carbocycles. The molecule has 0 heterocycles. The maximum Gasteiger partial charge on any atom is 0.460 e. The van der Waals surface area contributed by atoms with Gasteiger partial charge in [-0.3, -0.25) is 4.79 Å². The topological polar surface area (TPSA) is 69.6 Å². The fraction of sp³-hybridized carbons (Fsp3) is 0.923. The average Bonchev–Trinajstić information content (AvgIpc) is 2.56. The monoisotopic (exact) mass is 511 g/mol. The molecule has 1 atom stereocenters. The Labute approximate surface area is 169 Å². The number of carboxylic acids is 1. The third-order valence-electron chi connectivity index (χ3n) is 3.53. The van der Waals surface area contributed by atoms with Crippen LogP contribution in [-0.2, 0) is 4.79 Å². The molecular weight excluding hydrogens is 497 g/mol. The van der Waals surface area contributed by atoms with Gasteiger partial charge in [0.15, 0.2) is 0 Å². The van der Waals surface area contributed by atoms with E-state index in [1.165, 1.54) is 0 Å². The van der Waals surface area contributed by atoms with E-state index in [2.05, 4.69) is 5.32 Å². The van der Waals surface area contributed by atoms with Gasteiger partial charge in [0.2, 0.25) is 0 Å². The minimum Gasteiger partial charge on any atom is -0.480 e. The molecule has 0 aliphatic heterocycles. The van der Waals surface area contributed by atoms with Crippen molar-refractivity contribution < 1.29 is 72.1 Å². The molecule has 0 saturated heterocycles. The van der Waals surface area contributed by atoms with Gasteiger partial charge in [0, 0.05) is 18.7 Å². The molecule has 186 valence electrons. The van der Waals surface area contributed by atoms with Crippen molar-refractivity contribution in [2.45, 2.75) is 48.3 Å². The zero-order chi connectivity index (χ0) is 25.1. The number of hydrogen-bond donors (Lipinski definition) is 3. The van der Waals surface area contributed by atoms with Crippen molar-refractivity contribution in [2.75, 3.05) is 24.6 Å². The number of alkyl halides is 13. The number of thioether (sulfide) groups is 1. The summed E-state index contributed by atoms with van der Waals surface area (Å²) in [5.41, 5.74) is 0. The Hall–Kier alpha value is -1.17. The second kappa shape index (κ2) is 9.76. The third-order valence-corrected chi connectivity index (χ3v) is 4.64. The Bertz CT molecular complexity index is 612. The van der Waals surface area contributed by atoms with Crippen LogP contribution < -0.4 is 5.32 Å². The van der Waals surface area contributed by atoms with Crippen molar-refractivity contribution in [3.05, 3.63) is 0 Å². The van der Waals surface area contributed by atoms with E-state index >= 15 is 0 Å². The molecule has 0 aromatic carbocycles. The molecule has 0 fully saturated rings. The molecule has 1 unspecified atom stereocenters. The molecule has 0 amide bonds. The Morgan fingerprint density at radius 2 is 1.26 bits per heavy atom. The maximum atomic E-state index is 13.5. The molecule has 31 heavy (non-hydrogen) atoms. The lowest BCUT2D eigenvalue weighted by Gasteiger charge is -2.39. The van der Waals surface area contributed by atoms with Gasteiger partial charge >= 0.3 is 41.8 Å². The summed E-state index contributed by atoms with van der Waals surface area (Å²) in [4.78, 5) is 10.2. The Morgan fingerprint density at radius 3 is 1.68 bits per heavy atom. The zero-order valence-electron chi connectivity index (χ0n) is 14.7. The van der Waals surface area contributed by atoms with Crippen LogP contribution in [0.3, 0.4) is 0 Å². The summed E-state index contributed by atoms with van der Waals surface area (Å²) in [6.07, 6.45) is -11.3. The standard InChI is InChI=1S/C13H14F13NO3S/c14-8(15,1-2-31-5-6(28)3-27-4-7(29)30)9(16,17)10(18,19)11(20,21)12(22,23)13(24,25)26/h6,27-28H,1-5H2,(H,29,30). The van der Waals surface area contributed by atoms with Crippen LogP contribution in [0, 0.1) is 0 Å². The molecule has 0 aromatic heterocycles. The predicted octanol–water partition coefficient (Wildman–Crippen LogP) is 3.88. The van der Waals surface area contributed by atoms with Gasteiger partial charge in [-0.25, -0.2) is 0 Å². The first-order valence-electron chi connectivity index (χ1n) is 7.70. The van der Waals surface area contributed by atoms with Crippen molar-refractivity contribution in [3.8, 4) is 0 Å². The molecule has 3 N–H and O–H groups in total. The van der Waals surface area contributed by atoms with Crippen molar-refractivity contribution in [2.24, 2.45) is 0 Å². The average molecular weight is 511 g/mol. The number of rotatable bonds is 13. The minimum atomic E-state index is -7.93. The van der Waals surface area contributed by atoms with Crippen molar-refractivity contribution >= 4 is 17.7 Å². The summed E-state index contributed by atoms with van der Waals surface area (Å²) >= 11 is 0.180. The SMILES string of the molecule is O=C(O)CNCC(O)CSCCC(F)(F)C(F)(F)C(F)(F)C(F)(F)C(F)(F)C(F)(F)F. The first-order chi connectivity index (χ1) is 13.6. The number of nitrogens with one attached hydrogen (secondary N) is 1. The first kappa shape index (κ1) is 29.8. The highest BCUT2D eigenvalue weighted by Gasteiger charge is 2.90. The Kier molecular flexibility index (Phi) is 9.39. The number of halogens is 13. The van der Waals surface area contributed by atoms with Crippen molar-refractivity contribution in [1.29, 1.82) is 0 Å². The van der Waals surface area contributed by atoms with E-state index in [4.69, 9.17) is 5.11 Å². The van der Waals surface area contributed by atoms with Crippen LogP contribution in [0.2, 0.25) is 0 Å². The Morgan fingerprint density at radius 1 is 0.806 bits per heavy atom. The smallest absolute Gasteiger partial charge is 0.460 e. The van der Waals surface area contributed by atoms with E-state index in [0.29, 0.717) is 0 Å². The van der Waals surface area contributed by atoms with Crippen LogP contribution in [0.4, 0.5) is 57.1 Å². The van der Waals surface area contributed by atoms with E-state index in [1.54, 1.807) is 0 Å². The first-order valence-corrected chi connectivity index (χ1v) is 8.86. The van der Waals surface area contributed by atoms with Crippen LogP contribution >= 0.6 is 11.8 Å². The third kappa shape index (κ3) is 6.21. The van der Waals surface area contributed by atoms with Crippen molar-refractivity contribution in [1.82, 2.24) is 5.32 Å². The Balaban J connectivity index is 5.23. The number of aliphatic hydroxyl groups is 1. The van der Waals surface area contributed by atoms with Gasteiger partial charge < -0.3 is 15.5 Å². The second-order valence-electron chi connectivity index (χ2n) is 6.00. The highest BCUT2D eigenvalue weighted by molar-refractivity contribution is 7.99. The molecule has 0 saturated carbocycles. The van der Waals surface area contributed by atoms with Gasteiger partial charge in [-0.1, -0.05) is 0 Å². The maximum absolute atomic E-state index is 13.5. The number of hydrogen-bond acceptors (Lipinski definition) is 4. The summed E-state index contributed by atoms with van der Waals surface area (Å²) in [5.74, 6) is -40.1. The molecule has 0 bridgehead atoms. The molecule has 18 heteroatoms. The van der Waals surface area contributed by atoms with Gasteiger partial charge in [-0.2, -0.15) is 68.8 Å². The summed E-state index contributed by atoms with van der Waals surface area (Å²) in [5, 5.41) is 19.8. The van der Waals surface area contributed by atoms with Crippen LogP contribution in [0.15, 0.2) is 0 Å².